The second-order valence-corrected chi connectivity index (χ2v) is 7.73. The average molecular weight is 405 g/mol. The summed E-state index contributed by atoms with van der Waals surface area (Å²) in [5, 5.41) is 5.19. The molecule has 150 valence electrons. The van der Waals surface area contributed by atoms with Crippen LogP contribution in [0.1, 0.15) is 23.4 Å². The molecule has 2 aromatic rings. The van der Waals surface area contributed by atoms with Gasteiger partial charge < -0.3 is 0 Å². The summed E-state index contributed by atoms with van der Waals surface area (Å²) in [6, 6.07) is 10.8. The van der Waals surface area contributed by atoms with Gasteiger partial charge in [0.15, 0.2) is 0 Å². The van der Waals surface area contributed by atoms with Crippen LogP contribution in [-0.4, -0.2) is 36.6 Å². The summed E-state index contributed by atoms with van der Waals surface area (Å²) in [5.74, 6) is -0.956. The van der Waals surface area contributed by atoms with Crippen molar-refractivity contribution in [3.63, 3.8) is 0 Å². The molecule has 0 fully saturated rings. The van der Waals surface area contributed by atoms with Crippen molar-refractivity contribution in [1.29, 1.82) is 0 Å². The minimum atomic E-state index is -3.66. The van der Waals surface area contributed by atoms with Gasteiger partial charge in [0.05, 0.1) is 5.69 Å². The molecule has 0 unspecified atom stereocenters. The molecule has 0 saturated heterocycles. The van der Waals surface area contributed by atoms with Crippen molar-refractivity contribution in [2.45, 2.75) is 26.8 Å². The number of benzene rings is 1. The van der Waals surface area contributed by atoms with Gasteiger partial charge in [0.25, 0.3) is 5.91 Å². The molecule has 0 aliphatic heterocycles. The minimum absolute atomic E-state index is 0.0309. The quantitative estimate of drug-likeness (QED) is 0.556. The number of aryl methyl sites for hydroxylation is 2. The van der Waals surface area contributed by atoms with Gasteiger partial charge in [-0.15, -0.1) is 0 Å². The van der Waals surface area contributed by atoms with Crippen LogP contribution in [0.15, 0.2) is 41.8 Å². The third-order valence-corrected chi connectivity index (χ3v) is 4.73. The first-order chi connectivity index (χ1) is 13.2. The maximum atomic E-state index is 11.9. The summed E-state index contributed by atoms with van der Waals surface area (Å²) in [6.07, 6.45) is 1.33. The van der Waals surface area contributed by atoms with E-state index in [0.717, 1.165) is 22.4 Å². The smallest absolute Gasteiger partial charge is 0.260 e. The molecule has 10 heteroatoms. The zero-order chi connectivity index (χ0) is 20.6. The maximum Gasteiger partial charge on any atom is 0.260 e. The Hall–Kier alpha value is -2.98. The third kappa shape index (κ3) is 7.33. The SMILES string of the molecule is Cc1cc(C)n(CC(=O)NNC(=O)CCNS(=O)(=O)/C=C/c2ccccc2)n1. The molecule has 3 N–H and O–H groups in total. The molecule has 28 heavy (non-hydrogen) atoms. The van der Waals surface area contributed by atoms with E-state index in [1.54, 1.807) is 24.3 Å². The number of nitrogens with one attached hydrogen (secondary N) is 3. The Morgan fingerprint density at radius 3 is 2.43 bits per heavy atom. The van der Waals surface area contributed by atoms with Gasteiger partial charge in [-0.05, 0) is 31.6 Å². The van der Waals surface area contributed by atoms with Crippen molar-refractivity contribution in [3.8, 4) is 0 Å². The summed E-state index contributed by atoms with van der Waals surface area (Å²) < 4.78 is 27.6. The van der Waals surface area contributed by atoms with E-state index in [-0.39, 0.29) is 19.5 Å². The fourth-order valence-electron chi connectivity index (χ4n) is 2.30. The Kier molecular flexibility index (Phi) is 7.47. The molecule has 0 aliphatic carbocycles. The van der Waals surface area contributed by atoms with Crippen molar-refractivity contribution in [2.24, 2.45) is 0 Å². The molecular formula is C18H23N5O4S. The van der Waals surface area contributed by atoms with E-state index in [1.165, 1.54) is 10.8 Å². The van der Waals surface area contributed by atoms with E-state index >= 15 is 0 Å². The van der Waals surface area contributed by atoms with Crippen molar-refractivity contribution in [1.82, 2.24) is 25.4 Å². The zero-order valence-corrected chi connectivity index (χ0v) is 16.5. The largest absolute Gasteiger partial charge is 0.273 e. The third-order valence-electron chi connectivity index (χ3n) is 3.63. The topological polar surface area (TPSA) is 122 Å². The Morgan fingerprint density at radius 2 is 1.79 bits per heavy atom. The van der Waals surface area contributed by atoms with Crippen molar-refractivity contribution >= 4 is 27.9 Å². The normalized spacial score (nSPS) is 11.5. The fourth-order valence-corrected chi connectivity index (χ4v) is 3.12. The Balaban J connectivity index is 1.69. The Bertz CT molecular complexity index is 952. The molecule has 0 atom stereocenters. The van der Waals surface area contributed by atoms with E-state index in [2.05, 4.69) is 20.7 Å². The van der Waals surface area contributed by atoms with Gasteiger partial charge in [0.1, 0.15) is 6.54 Å². The summed E-state index contributed by atoms with van der Waals surface area (Å²) in [6.45, 7) is 3.51. The number of carbonyl (C=O) groups is 2. The highest BCUT2D eigenvalue weighted by Crippen LogP contribution is 2.03. The number of aromatic nitrogens is 2. The monoisotopic (exact) mass is 405 g/mol. The molecule has 0 radical (unpaired) electrons. The van der Waals surface area contributed by atoms with E-state index < -0.39 is 21.8 Å². The highest BCUT2D eigenvalue weighted by atomic mass is 32.2. The van der Waals surface area contributed by atoms with Crippen LogP contribution >= 0.6 is 0 Å². The molecule has 1 heterocycles. The molecule has 0 bridgehead atoms. The van der Waals surface area contributed by atoms with Crippen LogP contribution in [0.4, 0.5) is 0 Å². The summed E-state index contributed by atoms with van der Waals surface area (Å²) in [4.78, 5) is 23.6. The lowest BCUT2D eigenvalue weighted by Gasteiger charge is -2.08. The predicted molar refractivity (Wildman–Crippen MR) is 105 cm³/mol. The summed E-state index contributed by atoms with van der Waals surface area (Å²) in [7, 11) is -3.66. The van der Waals surface area contributed by atoms with Crippen LogP contribution in [0.25, 0.3) is 6.08 Å². The molecule has 1 aromatic heterocycles. The molecule has 0 spiro atoms. The van der Waals surface area contributed by atoms with Gasteiger partial charge in [-0.25, -0.2) is 13.1 Å². The van der Waals surface area contributed by atoms with Gasteiger partial charge in [-0.1, -0.05) is 30.3 Å². The van der Waals surface area contributed by atoms with Crippen LogP contribution < -0.4 is 15.6 Å². The van der Waals surface area contributed by atoms with Gasteiger partial charge in [-0.3, -0.25) is 25.1 Å². The summed E-state index contributed by atoms with van der Waals surface area (Å²) >= 11 is 0. The van der Waals surface area contributed by atoms with Crippen LogP contribution in [0.5, 0.6) is 0 Å². The molecule has 1 aromatic carbocycles. The van der Waals surface area contributed by atoms with Crippen LogP contribution in [0.2, 0.25) is 0 Å². The highest BCUT2D eigenvalue weighted by molar-refractivity contribution is 7.92. The number of carbonyl (C=O) groups excluding carboxylic acids is 2. The second-order valence-electron chi connectivity index (χ2n) is 6.08. The van der Waals surface area contributed by atoms with Gasteiger partial charge in [0.2, 0.25) is 15.9 Å². The molecular weight excluding hydrogens is 382 g/mol. The van der Waals surface area contributed by atoms with E-state index in [0.29, 0.717) is 0 Å². The fraction of sp³-hybridized carbons (Fsp3) is 0.278. The first-order valence-corrected chi connectivity index (χ1v) is 10.1. The maximum absolute atomic E-state index is 11.9. The number of hydrogen-bond donors (Lipinski definition) is 3. The highest BCUT2D eigenvalue weighted by Gasteiger charge is 2.10. The predicted octanol–water partition coefficient (Wildman–Crippen LogP) is 0.628. The Morgan fingerprint density at radius 1 is 1.11 bits per heavy atom. The first kappa shape index (κ1) is 21.3. The van der Waals surface area contributed by atoms with Crippen molar-refractivity contribution < 1.29 is 18.0 Å². The van der Waals surface area contributed by atoms with E-state index in [1.807, 2.05) is 26.0 Å². The lowest BCUT2D eigenvalue weighted by atomic mass is 10.2. The lowest BCUT2D eigenvalue weighted by Crippen LogP contribution is -2.44. The number of hydrazine groups is 1. The average Bonchev–Trinajstić information content (AvgIpc) is 2.96. The van der Waals surface area contributed by atoms with Crippen LogP contribution in [-0.2, 0) is 26.2 Å². The molecule has 9 nitrogen and oxygen atoms in total. The Labute approximate surface area is 163 Å². The number of sulfonamides is 1. The van der Waals surface area contributed by atoms with Gasteiger partial charge in [0, 0.05) is 24.1 Å². The number of amides is 2. The van der Waals surface area contributed by atoms with Crippen molar-refractivity contribution in [3.05, 3.63) is 58.8 Å². The summed E-state index contributed by atoms with van der Waals surface area (Å²) in [5.41, 5.74) is 6.88. The second kappa shape index (κ2) is 9.81. The van der Waals surface area contributed by atoms with Crippen LogP contribution in [0.3, 0.4) is 0 Å². The van der Waals surface area contributed by atoms with Gasteiger partial charge in [-0.2, -0.15) is 5.10 Å². The standard InChI is InChI=1S/C18H23N5O4S/c1-14-12-15(2)23(22-14)13-18(25)21-20-17(24)8-10-19-28(26,27)11-9-16-6-4-3-5-7-16/h3-7,9,11-12,19H,8,10,13H2,1-2H3,(H,20,24)(H,21,25)/b11-9+. The van der Waals surface area contributed by atoms with Crippen LogP contribution in [0, 0.1) is 13.8 Å². The van der Waals surface area contributed by atoms with Gasteiger partial charge >= 0.3 is 0 Å². The lowest BCUT2D eigenvalue weighted by molar-refractivity contribution is -0.129. The number of nitrogens with zero attached hydrogens (tertiary/aromatic N) is 2. The first-order valence-electron chi connectivity index (χ1n) is 8.57. The van der Waals surface area contributed by atoms with E-state index in [4.69, 9.17) is 0 Å². The minimum Gasteiger partial charge on any atom is -0.273 e. The molecule has 0 aliphatic rings. The molecule has 2 rings (SSSR count). The molecule has 2 amide bonds. The number of rotatable bonds is 8. The van der Waals surface area contributed by atoms with Crippen molar-refractivity contribution in [2.75, 3.05) is 6.54 Å². The van der Waals surface area contributed by atoms with E-state index in [9.17, 15) is 18.0 Å². The molecule has 0 saturated carbocycles. The number of hydrogen-bond acceptors (Lipinski definition) is 5. The zero-order valence-electron chi connectivity index (χ0n) is 15.7.